The van der Waals surface area contributed by atoms with Gasteiger partial charge in [-0.05, 0) is 43.0 Å². The zero-order valence-electron chi connectivity index (χ0n) is 20.3. The van der Waals surface area contributed by atoms with Crippen molar-refractivity contribution in [3.8, 4) is 17.2 Å². The first-order valence-corrected chi connectivity index (χ1v) is 12.7. The van der Waals surface area contributed by atoms with E-state index in [1.54, 1.807) is 12.1 Å². The first kappa shape index (κ1) is 24.0. The van der Waals surface area contributed by atoms with Crippen LogP contribution >= 0.6 is 11.8 Å². The van der Waals surface area contributed by atoms with Gasteiger partial charge in [0.2, 0.25) is 5.75 Å². The van der Waals surface area contributed by atoms with Gasteiger partial charge in [-0.2, -0.15) is 0 Å². The average molecular weight is 506 g/mol. The fourth-order valence-corrected chi connectivity index (χ4v) is 5.58. The lowest BCUT2D eigenvalue weighted by atomic mass is 9.76. The van der Waals surface area contributed by atoms with Crippen molar-refractivity contribution in [1.29, 1.82) is 0 Å². The summed E-state index contributed by atoms with van der Waals surface area (Å²) in [6, 6.07) is 11.5. The Morgan fingerprint density at radius 1 is 1.08 bits per heavy atom. The van der Waals surface area contributed by atoms with Crippen LogP contribution in [-0.2, 0) is 10.5 Å². The number of carbonyl (C=O) groups excluding carboxylic acids is 1. The number of hydrogen-bond acceptors (Lipinski definition) is 8. The highest BCUT2D eigenvalue weighted by Gasteiger charge is 2.38. The third-order valence-corrected chi connectivity index (χ3v) is 7.51. The highest BCUT2D eigenvalue weighted by Crippen LogP contribution is 2.47. The van der Waals surface area contributed by atoms with E-state index in [1.165, 1.54) is 31.5 Å². The van der Waals surface area contributed by atoms with Crippen LogP contribution in [0.15, 0.2) is 57.6 Å². The van der Waals surface area contributed by atoms with Gasteiger partial charge in [-0.25, -0.2) is 4.98 Å². The van der Waals surface area contributed by atoms with Gasteiger partial charge in [-0.3, -0.25) is 9.59 Å². The molecular weight excluding hydrogens is 478 g/mol. The summed E-state index contributed by atoms with van der Waals surface area (Å²) < 4.78 is 10.7. The standard InChI is InChI=1S/C27H27N3O5S/c1-14-7-9-15(10-8-14)13-36-27-29-25-23(26(33)30-27)21(22-17(28-25)5-4-6-18(22)31)16-11-19(34-2)24(32)20(12-16)35-3/h7-12,21,32H,4-6,13H2,1-3H3,(H2,28,29,30,33). The molecular formula is C27H27N3O5S. The number of rotatable bonds is 6. The smallest absolute Gasteiger partial charge is 0.257 e. The molecule has 0 saturated carbocycles. The van der Waals surface area contributed by atoms with Crippen molar-refractivity contribution in [3.05, 3.63) is 80.3 Å². The molecule has 1 aromatic heterocycles. The molecule has 5 rings (SSSR count). The number of Topliss-reactive ketones (excluding diaryl/α,β-unsaturated/α-hetero) is 1. The Hall–Kier alpha value is -3.72. The van der Waals surface area contributed by atoms with Gasteiger partial charge < -0.3 is 24.9 Å². The number of aromatic nitrogens is 2. The number of ketones is 1. The lowest BCUT2D eigenvalue weighted by molar-refractivity contribution is -0.116. The van der Waals surface area contributed by atoms with Crippen LogP contribution in [0.3, 0.4) is 0 Å². The zero-order valence-corrected chi connectivity index (χ0v) is 21.1. The summed E-state index contributed by atoms with van der Waals surface area (Å²) in [7, 11) is 2.88. The monoisotopic (exact) mass is 505 g/mol. The summed E-state index contributed by atoms with van der Waals surface area (Å²) in [6.45, 7) is 2.04. The molecule has 2 aromatic carbocycles. The minimum Gasteiger partial charge on any atom is -0.502 e. The largest absolute Gasteiger partial charge is 0.502 e. The van der Waals surface area contributed by atoms with E-state index >= 15 is 0 Å². The second kappa shape index (κ2) is 9.73. The summed E-state index contributed by atoms with van der Waals surface area (Å²) in [6.07, 6.45) is 1.82. The van der Waals surface area contributed by atoms with Gasteiger partial charge in [0.15, 0.2) is 22.4 Å². The molecule has 36 heavy (non-hydrogen) atoms. The molecule has 1 atom stereocenters. The Kier molecular flexibility index (Phi) is 6.49. The third-order valence-electron chi connectivity index (χ3n) is 6.57. The van der Waals surface area contributed by atoms with Crippen molar-refractivity contribution < 1.29 is 19.4 Å². The van der Waals surface area contributed by atoms with Crippen molar-refractivity contribution in [2.24, 2.45) is 0 Å². The normalized spacial score (nSPS) is 16.8. The number of benzene rings is 2. The molecule has 2 aliphatic rings. The van der Waals surface area contributed by atoms with Crippen LogP contribution in [0.2, 0.25) is 0 Å². The van der Waals surface area contributed by atoms with Crippen molar-refractivity contribution in [2.75, 3.05) is 19.5 Å². The van der Waals surface area contributed by atoms with Crippen LogP contribution < -0.4 is 20.3 Å². The summed E-state index contributed by atoms with van der Waals surface area (Å²) in [4.78, 5) is 34.2. The predicted octanol–water partition coefficient (Wildman–Crippen LogP) is 4.66. The maximum absolute atomic E-state index is 13.5. The van der Waals surface area contributed by atoms with Crippen LogP contribution in [-0.4, -0.2) is 35.1 Å². The van der Waals surface area contributed by atoms with Crippen LogP contribution in [0.4, 0.5) is 5.82 Å². The zero-order chi connectivity index (χ0) is 25.4. The summed E-state index contributed by atoms with van der Waals surface area (Å²) >= 11 is 1.44. The Balaban J connectivity index is 1.60. The molecule has 186 valence electrons. The molecule has 0 amide bonds. The molecule has 0 saturated heterocycles. The first-order chi connectivity index (χ1) is 17.4. The van der Waals surface area contributed by atoms with Crippen LogP contribution in [0, 0.1) is 6.92 Å². The SMILES string of the molecule is COc1cc(C2C3=C(CCCC3=O)Nc3nc(SCc4ccc(C)cc4)[nH]c(=O)c32)cc(OC)c1O. The average Bonchev–Trinajstić information content (AvgIpc) is 2.87. The lowest BCUT2D eigenvalue weighted by Gasteiger charge is -2.33. The second-order valence-electron chi connectivity index (χ2n) is 8.91. The van der Waals surface area contributed by atoms with Crippen LogP contribution in [0.1, 0.15) is 47.4 Å². The number of H-pyrrole nitrogens is 1. The van der Waals surface area contributed by atoms with Crippen LogP contribution in [0.5, 0.6) is 17.2 Å². The molecule has 3 aromatic rings. The van der Waals surface area contributed by atoms with Crippen molar-refractivity contribution in [3.63, 3.8) is 0 Å². The number of thioether (sulfide) groups is 1. The first-order valence-electron chi connectivity index (χ1n) is 11.7. The highest BCUT2D eigenvalue weighted by molar-refractivity contribution is 7.98. The maximum atomic E-state index is 13.5. The number of anilines is 1. The number of nitrogens with one attached hydrogen (secondary N) is 2. The number of carbonyl (C=O) groups is 1. The number of aryl methyl sites for hydroxylation is 1. The van der Waals surface area contributed by atoms with Gasteiger partial charge in [0.05, 0.1) is 19.8 Å². The van der Waals surface area contributed by atoms with Gasteiger partial charge in [0, 0.05) is 29.4 Å². The molecule has 0 spiro atoms. The van der Waals surface area contributed by atoms with E-state index < -0.39 is 5.92 Å². The van der Waals surface area contributed by atoms with E-state index in [1.807, 2.05) is 6.92 Å². The Morgan fingerprint density at radius 3 is 2.44 bits per heavy atom. The van der Waals surface area contributed by atoms with Crippen molar-refractivity contribution >= 4 is 23.4 Å². The summed E-state index contributed by atoms with van der Waals surface area (Å²) in [5, 5.41) is 14.2. The molecule has 3 N–H and O–H groups in total. The molecule has 0 radical (unpaired) electrons. The molecule has 0 bridgehead atoms. The van der Waals surface area contributed by atoms with E-state index in [0.29, 0.717) is 46.3 Å². The number of hydrogen-bond donors (Lipinski definition) is 3. The van der Waals surface area contributed by atoms with Crippen molar-refractivity contribution in [2.45, 2.75) is 43.0 Å². The van der Waals surface area contributed by atoms with E-state index in [9.17, 15) is 14.7 Å². The number of ether oxygens (including phenoxy) is 2. The molecule has 9 heteroatoms. The molecule has 1 unspecified atom stereocenters. The van der Waals surface area contributed by atoms with Gasteiger partial charge >= 0.3 is 0 Å². The molecule has 1 aliphatic heterocycles. The van der Waals surface area contributed by atoms with Gasteiger partial charge in [0.25, 0.3) is 5.56 Å². The Bertz CT molecular complexity index is 1400. The van der Waals surface area contributed by atoms with Gasteiger partial charge in [-0.15, -0.1) is 0 Å². The number of fused-ring (bicyclic) bond motifs is 1. The Morgan fingerprint density at radius 2 is 1.78 bits per heavy atom. The molecule has 8 nitrogen and oxygen atoms in total. The van der Waals surface area contributed by atoms with Crippen molar-refractivity contribution in [1.82, 2.24) is 9.97 Å². The lowest BCUT2D eigenvalue weighted by Crippen LogP contribution is -2.32. The molecule has 0 fully saturated rings. The third kappa shape index (κ3) is 4.35. The van der Waals surface area contributed by atoms with E-state index in [2.05, 4.69) is 34.6 Å². The fraction of sp³-hybridized carbons (Fsp3) is 0.296. The molecule has 1 aliphatic carbocycles. The van der Waals surface area contributed by atoms with Gasteiger partial charge in [0.1, 0.15) is 5.82 Å². The second-order valence-corrected chi connectivity index (χ2v) is 9.87. The summed E-state index contributed by atoms with van der Waals surface area (Å²) in [5.41, 5.74) is 4.30. The van der Waals surface area contributed by atoms with E-state index in [-0.39, 0.29) is 28.6 Å². The van der Waals surface area contributed by atoms with E-state index in [4.69, 9.17) is 14.5 Å². The number of phenols is 1. The minimum atomic E-state index is -0.667. The highest BCUT2D eigenvalue weighted by atomic mass is 32.2. The number of methoxy groups -OCH3 is 2. The van der Waals surface area contributed by atoms with Crippen LogP contribution in [0.25, 0.3) is 0 Å². The summed E-state index contributed by atoms with van der Waals surface area (Å²) in [5.74, 6) is 0.674. The van der Waals surface area contributed by atoms with Gasteiger partial charge in [-0.1, -0.05) is 41.6 Å². The Labute approximate surface area is 212 Å². The topological polar surface area (TPSA) is 114 Å². The quantitative estimate of drug-likeness (QED) is 0.328. The van der Waals surface area contributed by atoms with E-state index in [0.717, 1.165) is 17.7 Å². The predicted molar refractivity (Wildman–Crippen MR) is 138 cm³/mol. The fourth-order valence-electron chi connectivity index (χ4n) is 4.76. The number of aromatic hydroxyl groups is 1. The minimum absolute atomic E-state index is 0.0115. The number of nitrogens with zero attached hydrogens (tertiary/aromatic N) is 1. The number of phenolic OH excluding ortho intramolecular Hbond substituents is 1. The molecule has 2 heterocycles. The number of allylic oxidation sites excluding steroid dienone is 2. The number of aromatic amines is 1. The maximum Gasteiger partial charge on any atom is 0.257 e.